The molecule has 0 atom stereocenters. The van der Waals surface area contributed by atoms with E-state index in [1.807, 2.05) is 38.1 Å². The van der Waals surface area contributed by atoms with E-state index in [0.717, 1.165) is 33.4 Å². The van der Waals surface area contributed by atoms with Gasteiger partial charge in [0, 0.05) is 10.7 Å². The summed E-state index contributed by atoms with van der Waals surface area (Å²) in [6, 6.07) is 18.2. The number of benzene rings is 3. The summed E-state index contributed by atoms with van der Waals surface area (Å²) in [5.41, 5.74) is 4.22. The van der Waals surface area contributed by atoms with Crippen molar-refractivity contribution in [3.63, 3.8) is 0 Å². The Morgan fingerprint density at radius 3 is 2.49 bits per heavy atom. The number of amides is 3. The van der Waals surface area contributed by atoms with E-state index >= 15 is 0 Å². The van der Waals surface area contributed by atoms with Crippen molar-refractivity contribution in [3.05, 3.63) is 92.8 Å². The third-order valence-corrected chi connectivity index (χ3v) is 6.78. The van der Waals surface area contributed by atoms with Gasteiger partial charge in [-0.25, -0.2) is 0 Å². The van der Waals surface area contributed by atoms with E-state index in [4.69, 9.17) is 21.1 Å². The summed E-state index contributed by atoms with van der Waals surface area (Å²) in [5, 5.41) is 2.92. The van der Waals surface area contributed by atoms with Gasteiger partial charge in [-0.15, -0.1) is 0 Å². The van der Waals surface area contributed by atoms with Crippen LogP contribution in [0.3, 0.4) is 0 Å². The number of carbonyl (C=O) groups excluding carboxylic acids is 3. The fraction of sp³-hybridized carbons (Fsp3) is 0.179. The Morgan fingerprint density at radius 1 is 1.03 bits per heavy atom. The summed E-state index contributed by atoms with van der Waals surface area (Å²) in [6.07, 6.45) is 1.60. The van der Waals surface area contributed by atoms with Crippen LogP contribution in [0.5, 0.6) is 11.5 Å². The van der Waals surface area contributed by atoms with Gasteiger partial charge in [0.05, 0.1) is 12.0 Å². The molecule has 1 fully saturated rings. The largest absolute Gasteiger partial charge is 0.493 e. The summed E-state index contributed by atoms with van der Waals surface area (Å²) < 4.78 is 11.3. The fourth-order valence-corrected chi connectivity index (χ4v) is 4.67. The average Bonchev–Trinajstić information content (AvgIpc) is 3.13. The number of rotatable bonds is 8. The highest BCUT2D eigenvalue weighted by Gasteiger charge is 2.36. The number of nitrogens with one attached hydrogen (secondary N) is 1. The van der Waals surface area contributed by atoms with Gasteiger partial charge in [0.25, 0.3) is 11.1 Å². The lowest BCUT2D eigenvalue weighted by Gasteiger charge is -2.14. The summed E-state index contributed by atoms with van der Waals surface area (Å²) in [6.45, 7) is 3.81. The smallest absolute Gasteiger partial charge is 0.294 e. The van der Waals surface area contributed by atoms with Gasteiger partial charge in [0.15, 0.2) is 11.5 Å². The molecule has 1 aliphatic heterocycles. The third-order valence-electron chi connectivity index (χ3n) is 5.62. The minimum Gasteiger partial charge on any atom is -0.493 e. The maximum absolute atomic E-state index is 12.9. The van der Waals surface area contributed by atoms with Crippen LogP contribution in [0.4, 0.5) is 10.5 Å². The molecule has 37 heavy (non-hydrogen) atoms. The van der Waals surface area contributed by atoms with Crippen molar-refractivity contribution in [2.24, 2.45) is 0 Å². The average molecular weight is 537 g/mol. The Labute approximate surface area is 224 Å². The molecule has 190 valence electrons. The number of hydrogen-bond donors (Lipinski definition) is 1. The standard InChI is InChI=1S/C28H25ClN2O5S/c1-17-4-10-22(18(2)12-17)30-26(32)15-31-27(33)25(37-28(31)34)14-20-7-11-23(24(13-20)35-3)36-16-19-5-8-21(29)9-6-19/h4-14H,15-16H2,1-3H3,(H,30,32)/b25-14+. The van der Waals surface area contributed by atoms with Gasteiger partial charge in [0.2, 0.25) is 5.91 Å². The molecule has 0 aromatic heterocycles. The minimum absolute atomic E-state index is 0.223. The highest BCUT2D eigenvalue weighted by atomic mass is 35.5. The van der Waals surface area contributed by atoms with Crippen LogP contribution in [0.1, 0.15) is 22.3 Å². The number of thioether (sulfide) groups is 1. The van der Waals surface area contributed by atoms with E-state index in [0.29, 0.717) is 34.4 Å². The van der Waals surface area contributed by atoms with E-state index < -0.39 is 17.1 Å². The Balaban J connectivity index is 1.42. The number of hydrogen-bond acceptors (Lipinski definition) is 6. The molecule has 1 heterocycles. The van der Waals surface area contributed by atoms with E-state index in [1.165, 1.54) is 7.11 Å². The van der Waals surface area contributed by atoms with Crippen LogP contribution in [-0.2, 0) is 16.2 Å². The van der Waals surface area contributed by atoms with Crippen LogP contribution >= 0.6 is 23.4 Å². The molecule has 0 unspecified atom stereocenters. The Kier molecular flexibility index (Phi) is 8.21. The predicted octanol–water partition coefficient (Wildman–Crippen LogP) is 6.22. The molecular formula is C28H25ClN2O5S. The Hall–Kier alpha value is -3.75. The first-order chi connectivity index (χ1) is 17.7. The zero-order valence-corrected chi connectivity index (χ0v) is 22.1. The normalized spacial score (nSPS) is 14.3. The van der Waals surface area contributed by atoms with Crippen LogP contribution in [0, 0.1) is 13.8 Å². The molecule has 3 aromatic rings. The Bertz CT molecular complexity index is 1390. The quantitative estimate of drug-likeness (QED) is 0.344. The third kappa shape index (κ3) is 6.53. The summed E-state index contributed by atoms with van der Waals surface area (Å²) >= 11 is 6.72. The fourth-order valence-electron chi connectivity index (χ4n) is 3.71. The highest BCUT2D eigenvalue weighted by molar-refractivity contribution is 8.18. The van der Waals surface area contributed by atoms with Gasteiger partial charge in [-0.3, -0.25) is 19.3 Å². The van der Waals surface area contributed by atoms with Crippen molar-refractivity contribution in [1.82, 2.24) is 4.90 Å². The number of anilines is 1. The monoisotopic (exact) mass is 536 g/mol. The van der Waals surface area contributed by atoms with E-state index in [-0.39, 0.29) is 11.4 Å². The maximum atomic E-state index is 12.9. The lowest BCUT2D eigenvalue weighted by molar-refractivity contribution is -0.127. The van der Waals surface area contributed by atoms with Gasteiger partial charge in [-0.05, 0) is 78.7 Å². The van der Waals surface area contributed by atoms with Crippen LogP contribution in [-0.4, -0.2) is 35.6 Å². The molecular weight excluding hydrogens is 512 g/mol. The molecule has 0 saturated carbocycles. The molecule has 1 saturated heterocycles. The second kappa shape index (κ2) is 11.5. The first-order valence-electron chi connectivity index (χ1n) is 11.4. The number of halogens is 1. The number of methoxy groups -OCH3 is 1. The van der Waals surface area contributed by atoms with E-state index in [1.54, 1.807) is 42.5 Å². The van der Waals surface area contributed by atoms with Crippen molar-refractivity contribution in [2.75, 3.05) is 19.0 Å². The molecule has 0 radical (unpaired) electrons. The topological polar surface area (TPSA) is 84.9 Å². The lowest BCUT2D eigenvalue weighted by atomic mass is 10.1. The zero-order chi connectivity index (χ0) is 26.5. The Morgan fingerprint density at radius 2 is 1.78 bits per heavy atom. The summed E-state index contributed by atoms with van der Waals surface area (Å²) in [5.74, 6) is 0.0488. The van der Waals surface area contributed by atoms with Crippen molar-refractivity contribution in [1.29, 1.82) is 0 Å². The van der Waals surface area contributed by atoms with E-state index in [9.17, 15) is 14.4 Å². The number of aryl methyl sites for hydroxylation is 2. The second-order valence-electron chi connectivity index (χ2n) is 8.46. The maximum Gasteiger partial charge on any atom is 0.294 e. The first-order valence-corrected chi connectivity index (χ1v) is 12.6. The minimum atomic E-state index is -0.521. The van der Waals surface area contributed by atoms with Crippen LogP contribution in [0.25, 0.3) is 6.08 Å². The second-order valence-corrected chi connectivity index (χ2v) is 9.89. The highest BCUT2D eigenvalue weighted by Crippen LogP contribution is 2.35. The summed E-state index contributed by atoms with van der Waals surface area (Å²) in [4.78, 5) is 39.1. The molecule has 0 bridgehead atoms. The lowest BCUT2D eigenvalue weighted by Crippen LogP contribution is -2.36. The molecule has 1 aliphatic rings. The van der Waals surface area contributed by atoms with Crippen LogP contribution in [0.2, 0.25) is 5.02 Å². The number of ether oxygens (including phenoxy) is 2. The van der Waals surface area contributed by atoms with Crippen molar-refractivity contribution < 1.29 is 23.9 Å². The molecule has 9 heteroatoms. The summed E-state index contributed by atoms with van der Waals surface area (Å²) in [7, 11) is 1.52. The molecule has 7 nitrogen and oxygen atoms in total. The van der Waals surface area contributed by atoms with Gasteiger partial charge in [-0.2, -0.15) is 0 Å². The van der Waals surface area contributed by atoms with Crippen LogP contribution < -0.4 is 14.8 Å². The van der Waals surface area contributed by atoms with Gasteiger partial charge in [0.1, 0.15) is 13.2 Å². The van der Waals surface area contributed by atoms with Gasteiger partial charge in [-0.1, -0.05) is 47.5 Å². The first kappa shape index (κ1) is 26.3. The number of nitrogens with zero attached hydrogens (tertiary/aromatic N) is 1. The molecule has 3 aromatic carbocycles. The molecule has 1 N–H and O–H groups in total. The predicted molar refractivity (Wildman–Crippen MR) is 146 cm³/mol. The van der Waals surface area contributed by atoms with Gasteiger partial charge < -0.3 is 14.8 Å². The van der Waals surface area contributed by atoms with Crippen molar-refractivity contribution in [3.8, 4) is 11.5 Å². The van der Waals surface area contributed by atoms with E-state index in [2.05, 4.69) is 5.32 Å². The number of imide groups is 1. The molecule has 3 amide bonds. The number of carbonyl (C=O) groups is 3. The zero-order valence-electron chi connectivity index (χ0n) is 20.5. The van der Waals surface area contributed by atoms with Gasteiger partial charge >= 0.3 is 0 Å². The van der Waals surface area contributed by atoms with Crippen LogP contribution in [0.15, 0.2) is 65.6 Å². The molecule has 0 spiro atoms. The van der Waals surface area contributed by atoms with Crippen molar-refractivity contribution >= 4 is 52.2 Å². The molecule has 4 rings (SSSR count). The van der Waals surface area contributed by atoms with Crippen molar-refractivity contribution in [2.45, 2.75) is 20.5 Å². The molecule has 0 aliphatic carbocycles. The SMILES string of the molecule is COc1cc(/C=C2/SC(=O)N(CC(=O)Nc3ccc(C)cc3C)C2=O)ccc1OCc1ccc(Cl)cc1.